The zero-order valence-corrected chi connectivity index (χ0v) is 11.6. The maximum atomic E-state index is 13.0. The van der Waals surface area contributed by atoms with Gasteiger partial charge in [-0.2, -0.15) is 0 Å². The summed E-state index contributed by atoms with van der Waals surface area (Å²) in [6, 6.07) is 6.90. The maximum absolute atomic E-state index is 13.0. The minimum atomic E-state index is -4.93. The van der Waals surface area contributed by atoms with Crippen molar-refractivity contribution in [3.63, 3.8) is 0 Å². The standard InChI is InChI=1S/C15H7F5O4/c16-14(17,18)22-11-4-8(7-21)3-10(5-11)9-1-2-12-13(6-9)24-15(19,20)23-12/h1-7H. The highest BCUT2D eigenvalue weighted by Crippen LogP contribution is 2.43. The summed E-state index contributed by atoms with van der Waals surface area (Å²) in [5, 5.41) is 0. The molecule has 0 radical (unpaired) electrons. The lowest BCUT2D eigenvalue weighted by Crippen LogP contribution is -2.25. The van der Waals surface area contributed by atoms with E-state index in [9.17, 15) is 26.7 Å². The minimum Gasteiger partial charge on any atom is -0.406 e. The quantitative estimate of drug-likeness (QED) is 0.611. The Bertz CT molecular complexity index is 801. The summed E-state index contributed by atoms with van der Waals surface area (Å²) in [5.74, 6) is -1.08. The molecule has 0 aromatic heterocycles. The Morgan fingerprint density at radius 2 is 1.67 bits per heavy atom. The van der Waals surface area contributed by atoms with Gasteiger partial charge in [-0.3, -0.25) is 4.79 Å². The van der Waals surface area contributed by atoms with Gasteiger partial charge in [0.15, 0.2) is 11.5 Å². The fourth-order valence-electron chi connectivity index (χ4n) is 2.18. The second-order valence-corrected chi connectivity index (χ2v) is 4.79. The number of carbonyl (C=O) groups is 1. The van der Waals surface area contributed by atoms with Gasteiger partial charge in [-0.25, -0.2) is 0 Å². The molecule has 0 aliphatic carbocycles. The highest BCUT2D eigenvalue weighted by Gasteiger charge is 2.43. The van der Waals surface area contributed by atoms with E-state index < -0.39 is 18.4 Å². The lowest BCUT2D eigenvalue weighted by atomic mass is 10.0. The van der Waals surface area contributed by atoms with E-state index in [-0.39, 0.29) is 28.2 Å². The number of halogens is 5. The van der Waals surface area contributed by atoms with Crippen molar-refractivity contribution in [1.29, 1.82) is 0 Å². The van der Waals surface area contributed by atoms with Crippen molar-refractivity contribution >= 4 is 6.29 Å². The Morgan fingerprint density at radius 1 is 0.958 bits per heavy atom. The van der Waals surface area contributed by atoms with E-state index in [1.807, 2.05) is 0 Å². The van der Waals surface area contributed by atoms with Gasteiger partial charge >= 0.3 is 12.7 Å². The van der Waals surface area contributed by atoms with E-state index in [0.29, 0.717) is 6.29 Å². The fraction of sp³-hybridized carbons (Fsp3) is 0.133. The summed E-state index contributed by atoms with van der Waals surface area (Å²) in [4.78, 5) is 10.9. The van der Waals surface area contributed by atoms with Crippen molar-refractivity contribution in [2.45, 2.75) is 12.7 Å². The van der Waals surface area contributed by atoms with Gasteiger partial charge in [0.05, 0.1) is 0 Å². The van der Waals surface area contributed by atoms with Gasteiger partial charge < -0.3 is 14.2 Å². The number of ether oxygens (including phenoxy) is 3. The molecular weight excluding hydrogens is 339 g/mol. The summed E-state index contributed by atoms with van der Waals surface area (Å²) < 4.78 is 75.4. The van der Waals surface area contributed by atoms with Crippen LogP contribution >= 0.6 is 0 Å². The van der Waals surface area contributed by atoms with E-state index in [2.05, 4.69) is 14.2 Å². The molecule has 1 heterocycles. The van der Waals surface area contributed by atoms with Gasteiger partial charge in [0.2, 0.25) is 0 Å². The highest BCUT2D eigenvalue weighted by atomic mass is 19.4. The molecule has 0 fully saturated rings. The average molecular weight is 346 g/mol. The summed E-state index contributed by atoms with van der Waals surface area (Å²) in [7, 11) is 0. The predicted octanol–water partition coefficient (Wildman–Crippen LogP) is 4.39. The second-order valence-electron chi connectivity index (χ2n) is 4.79. The first kappa shape index (κ1) is 16.0. The normalized spacial score (nSPS) is 15.2. The molecule has 0 bridgehead atoms. The second kappa shape index (κ2) is 5.36. The van der Waals surface area contributed by atoms with Gasteiger partial charge in [-0.1, -0.05) is 6.07 Å². The molecule has 0 amide bonds. The first-order valence-corrected chi connectivity index (χ1v) is 6.41. The smallest absolute Gasteiger partial charge is 0.406 e. The topological polar surface area (TPSA) is 44.8 Å². The molecular formula is C15H7F5O4. The van der Waals surface area contributed by atoms with Crippen molar-refractivity contribution in [3.05, 3.63) is 42.0 Å². The van der Waals surface area contributed by atoms with Crippen molar-refractivity contribution in [2.24, 2.45) is 0 Å². The van der Waals surface area contributed by atoms with Crippen LogP contribution in [-0.2, 0) is 0 Å². The molecule has 0 saturated heterocycles. The molecule has 1 aliphatic rings. The van der Waals surface area contributed by atoms with Crippen LogP contribution in [0.15, 0.2) is 36.4 Å². The van der Waals surface area contributed by atoms with Crippen molar-refractivity contribution in [3.8, 4) is 28.4 Å². The molecule has 0 unspecified atom stereocenters. The number of carbonyl (C=O) groups excluding carboxylic acids is 1. The van der Waals surface area contributed by atoms with Crippen LogP contribution in [0, 0.1) is 0 Å². The Kier molecular flexibility index (Phi) is 3.58. The fourth-order valence-corrected chi connectivity index (χ4v) is 2.18. The largest absolute Gasteiger partial charge is 0.586 e. The SMILES string of the molecule is O=Cc1cc(OC(F)(F)F)cc(-c2ccc3c(c2)OC(F)(F)O3)c1. The van der Waals surface area contributed by atoms with Crippen LogP contribution in [0.3, 0.4) is 0 Å². The molecule has 24 heavy (non-hydrogen) atoms. The maximum Gasteiger partial charge on any atom is 0.586 e. The molecule has 2 aromatic carbocycles. The van der Waals surface area contributed by atoms with Crippen molar-refractivity contribution < 1.29 is 41.0 Å². The third kappa shape index (κ3) is 3.39. The van der Waals surface area contributed by atoms with Gasteiger partial charge in [-0.05, 0) is 41.5 Å². The van der Waals surface area contributed by atoms with E-state index in [0.717, 1.165) is 18.2 Å². The molecule has 4 nitrogen and oxygen atoms in total. The summed E-state index contributed by atoms with van der Waals surface area (Å²) in [6.07, 6.45) is -8.40. The molecule has 9 heteroatoms. The molecule has 0 N–H and O–H groups in total. The number of aldehydes is 1. The zero-order valence-electron chi connectivity index (χ0n) is 11.6. The molecule has 1 aliphatic heterocycles. The predicted molar refractivity (Wildman–Crippen MR) is 70.2 cm³/mol. The molecule has 0 saturated carbocycles. The monoisotopic (exact) mass is 346 g/mol. The molecule has 2 aromatic rings. The summed E-state index contributed by atoms with van der Waals surface area (Å²) in [6.45, 7) is 0. The van der Waals surface area contributed by atoms with Crippen LogP contribution in [0.2, 0.25) is 0 Å². The average Bonchev–Trinajstić information content (AvgIpc) is 2.77. The van der Waals surface area contributed by atoms with Crippen LogP contribution in [0.5, 0.6) is 17.2 Å². The van der Waals surface area contributed by atoms with E-state index in [1.165, 1.54) is 18.2 Å². The molecule has 0 atom stereocenters. The van der Waals surface area contributed by atoms with Crippen LogP contribution in [0.1, 0.15) is 10.4 Å². The number of benzene rings is 2. The van der Waals surface area contributed by atoms with Crippen molar-refractivity contribution in [1.82, 2.24) is 0 Å². The Hall–Kier alpha value is -2.84. The number of hydrogen-bond donors (Lipinski definition) is 0. The third-order valence-electron chi connectivity index (χ3n) is 3.03. The number of fused-ring (bicyclic) bond motifs is 1. The molecule has 0 spiro atoms. The molecule has 3 rings (SSSR count). The Labute approximate surface area is 131 Å². The summed E-state index contributed by atoms with van der Waals surface area (Å²) >= 11 is 0. The first-order valence-electron chi connectivity index (χ1n) is 6.41. The van der Waals surface area contributed by atoms with Crippen LogP contribution < -0.4 is 14.2 Å². The van der Waals surface area contributed by atoms with Crippen molar-refractivity contribution in [2.75, 3.05) is 0 Å². The lowest BCUT2D eigenvalue weighted by Gasteiger charge is -2.11. The van der Waals surface area contributed by atoms with Gasteiger partial charge in [-0.15, -0.1) is 22.0 Å². The van der Waals surface area contributed by atoms with E-state index in [1.54, 1.807) is 0 Å². The van der Waals surface area contributed by atoms with Gasteiger partial charge in [0.25, 0.3) is 0 Å². The zero-order chi connectivity index (χ0) is 17.5. The minimum absolute atomic E-state index is 0.0743. The van der Waals surface area contributed by atoms with Crippen LogP contribution in [0.4, 0.5) is 22.0 Å². The highest BCUT2D eigenvalue weighted by molar-refractivity contribution is 5.81. The Balaban J connectivity index is 2.01. The number of alkyl halides is 5. The van der Waals surface area contributed by atoms with Gasteiger partial charge in [0.1, 0.15) is 12.0 Å². The van der Waals surface area contributed by atoms with Crippen LogP contribution in [0.25, 0.3) is 11.1 Å². The lowest BCUT2D eigenvalue weighted by molar-refractivity contribution is -0.286. The third-order valence-corrected chi connectivity index (χ3v) is 3.03. The first-order chi connectivity index (χ1) is 11.1. The van der Waals surface area contributed by atoms with Gasteiger partial charge in [0, 0.05) is 5.56 Å². The Morgan fingerprint density at radius 3 is 2.33 bits per heavy atom. The number of rotatable bonds is 3. The number of hydrogen-bond acceptors (Lipinski definition) is 4. The van der Waals surface area contributed by atoms with E-state index >= 15 is 0 Å². The van der Waals surface area contributed by atoms with E-state index in [4.69, 9.17) is 0 Å². The summed E-state index contributed by atoms with van der Waals surface area (Å²) in [5.41, 5.74) is 0.320. The van der Waals surface area contributed by atoms with Crippen LogP contribution in [-0.4, -0.2) is 18.9 Å². The molecule has 126 valence electrons.